The molecule has 0 aliphatic carbocycles. The number of likely N-dealkylation sites (tertiary alicyclic amines) is 1. The van der Waals surface area contributed by atoms with E-state index in [0.717, 1.165) is 25.3 Å². The third-order valence-electron chi connectivity index (χ3n) is 4.33. The molecule has 1 unspecified atom stereocenters. The predicted molar refractivity (Wildman–Crippen MR) is 79.0 cm³/mol. The van der Waals surface area contributed by atoms with E-state index in [4.69, 9.17) is 4.74 Å². The summed E-state index contributed by atoms with van der Waals surface area (Å²) in [5, 5.41) is 3.44. The molecule has 0 aromatic heterocycles. The second kappa shape index (κ2) is 5.41. The molecule has 1 atom stereocenters. The van der Waals surface area contributed by atoms with E-state index in [2.05, 4.69) is 42.3 Å². The third kappa shape index (κ3) is 2.57. The van der Waals surface area contributed by atoms with Gasteiger partial charge >= 0.3 is 0 Å². The normalized spacial score (nSPS) is 22.6. The highest BCUT2D eigenvalue weighted by atomic mass is 16.5. The van der Waals surface area contributed by atoms with Crippen LogP contribution < -0.4 is 10.1 Å². The van der Waals surface area contributed by atoms with Gasteiger partial charge in [-0.1, -0.05) is 12.1 Å². The summed E-state index contributed by atoms with van der Waals surface area (Å²) in [4.78, 5) is 2.57. The standard InChI is InChI=1S/C16H24N2O/c1-12(2)18-10-4-6-14(18)11-19-15-7-3-5-13-8-9-17-16(13)15/h3,5,7,12,14,17H,4,6,8-11H2,1-2H3. The van der Waals surface area contributed by atoms with Gasteiger partial charge in [0.15, 0.2) is 0 Å². The van der Waals surface area contributed by atoms with Gasteiger partial charge in [0.25, 0.3) is 0 Å². The summed E-state index contributed by atoms with van der Waals surface area (Å²) >= 11 is 0. The largest absolute Gasteiger partial charge is 0.490 e. The van der Waals surface area contributed by atoms with Gasteiger partial charge in [0.05, 0.1) is 5.69 Å². The van der Waals surface area contributed by atoms with Crippen LogP contribution in [0.25, 0.3) is 0 Å². The first-order chi connectivity index (χ1) is 9.25. The molecular weight excluding hydrogens is 236 g/mol. The van der Waals surface area contributed by atoms with Crippen molar-refractivity contribution in [2.45, 2.75) is 45.2 Å². The van der Waals surface area contributed by atoms with E-state index in [1.54, 1.807) is 0 Å². The van der Waals surface area contributed by atoms with Crippen molar-refractivity contribution in [2.24, 2.45) is 0 Å². The van der Waals surface area contributed by atoms with Gasteiger partial charge in [0.1, 0.15) is 12.4 Å². The second-order valence-electron chi connectivity index (χ2n) is 5.91. The summed E-state index contributed by atoms with van der Waals surface area (Å²) in [7, 11) is 0. The summed E-state index contributed by atoms with van der Waals surface area (Å²) in [6, 6.07) is 7.59. The molecule has 19 heavy (non-hydrogen) atoms. The number of fused-ring (bicyclic) bond motifs is 1. The smallest absolute Gasteiger partial charge is 0.142 e. The zero-order valence-corrected chi connectivity index (χ0v) is 12.0. The van der Waals surface area contributed by atoms with Crippen molar-refractivity contribution < 1.29 is 4.74 Å². The fraction of sp³-hybridized carbons (Fsp3) is 0.625. The molecule has 1 fully saturated rings. The molecule has 0 saturated carbocycles. The average molecular weight is 260 g/mol. The van der Waals surface area contributed by atoms with Crippen molar-refractivity contribution in [3.63, 3.8) is 0 Å². The van der Waals surface area contributed by atoms with Crippen LogP contribution in [0.2, 0.25) is 0 Å². The van der Waals surface area contributed by atoms with Crippen molar-refractivity contribution in [3.8, 4) is 5.75 Å². The van der Waals surface area contributed by atoms with Gasteiger partial charge in [0, 0.05) is 18.6 Å². The Morgan fingerprint density at radius 1 is 1.42 bits per heavy atom. The number of para-hydroxylation sites is 1. The number of nitrogens with zero attached hydrogens (tertiary/aromatic N) is 1. The first-order valence-corrected chi connectivity index (χ1v) is 7.50. The molecule has 1 saturated heterocycles. The number of ether oxygens (including phenoxy) is 1. The Kier molecular flexibility index (Phi) is 3.65. The number of benzene rings is 1. The lowest BCUT2D eigenvalue weighted by Gasteiger charge is -2.28. The van der Waals surface area contributed by atoms with Gasteiger partial charge < -0.3 is 10.1 Å². The lowest BCUT2D eigenvalue weighted by molar-refractivity contribution is 0.144. The molecule has 3 heteroatoms. The van der Waals surface area contributed by atoms with Crippen LogP contribution in [0.3, 0.4) is 0 Å². The number of nitrogens with one attached hydrogen (secondary N) is 1. The van der Waals surface area contributed by atoms with Crippen LogP contribution in [0.1, 0.15) is 32.3 Å². The highest BCUT2D eigenvalue weighted by Crippen LogP contribution is 2.33. The van der Waals surface area contributed by atoms with E-state index < -0.39 is 0 Å². The summed E-state index contributed by atoms with van der Waals surface area (Å²) in [5.74, 6) is 1.03. The Morgan fingerprint density at radius 3 is 3.16 bits per heavy atom. The molecule has 3 rings (SSSR count). The number of anilines is 1. The van der Waals surface area contributed by atoms with Gasteiger partial charge in [-0.15, -0.1) is 0 Å². The van der Waals surface area contributed by atoms with Crippen LogP contribution in [0.4, 0.5) is 5.69 Å². The first-order valence-electron chi connectivity index (χ1n) is 7.50. The lowest BCUT2D eigenvalue weighted by Crippen LogP contribution is -2.39. The Bertz CT molecular complexity index is 444. The summed E-state index contributed by atoms with van der Waals surface area (Å²) < 4.78 is 6.11. The molecule has 3 nitrogen and oxygen atoms in total. The van der Waals surface area contributed by atoms with Gasteiger partial charge in [0.2, 0.25) is 0 Å². The molecule has 104 valence electrons. The zero-order chi connectivity index (χ0) is 13.2. The molecule has 0 spiro atoms. The molecule has 2 aliphatic heterocycles. The quantitative estimate of drug-likeness (QED) is 0.901. The summed E-state index contributed by atoms with van der Waals surface area (Å²) in [6.07, 6.45) is 3.69. The summed E-state index contributed by atoms with van der Waals surface area (Å²) in [5.41, 5.74) is 2.61. The molecule has 2 heterocycles. The Hall–Kier alpha value is -1.22. The maximum atomic E-state index is 6.11. The highest BCUT2D eigenvalue weighted by molar-refractivity contribution is 5.65. The molecule has 1 N–H and O–H groups in total. The number of hydrogen-bond donors (Lipinski definition) is 1. The van der Waals surface area contributed by atoms with Crippen molar-refractivity contribution in [1.82, 2.24) is 4.90 Å². The summed E-state index contributed by atoms with van der Waals surface area (Å²) in [6.45, 7) is 7.63. The van der Waals surface area contributed by atoms with E-state index in [0.29, 0.717) is 12.1 Å². The highest BCUT2D eigenvalue weighted by Gasteiger charge is 2.27. The molecular formula is C16H24N2O. The van der Waals surface area contributed by atoms with E-state index in [-0.39, 0.29) is 0 Å². The second-order valence-corrected chi connectivity index (χ2v) is 5.91. The first kappa shape index (κ1) is 12.8. The van der Waals surface area contributed by atoms with Gasteiger partial charge in [-0.2, -0.15) is 0 Å². The van der Waals surface area contributed by atoms with Crippen LogP contribution in [-0.4, -0.2) is 36.7 Å². The van der Waals surface area contributed by atoms with Gasteiger partial charge in [-0.3, -0.25) is 4.90 Å². The molecule has 0 amide bonds. The van der Waals surface area contributed by atoms with Crippen LogP contribution in [0, 0.1) is 0 Å². The zero-order valence-electron chi connectivity index (χ0n) is 12.0. The van der Waals surface area contributed by atoms with Crippen LogP contribution in [0.15, 0.2) is 18.2 Å². The SMILES string of the molecule is CC(C)N1CCCC1COc1cccc2c1NCC2. The number of hydrogen-bond acceptors (Lipinski definition) is 3. The minimum absolute atomic E-state index is 0.581. The molecule has 0 bridgehead atoms. The molecule has 1 aromatic rings. The van der Waals surface area contributed by atoms with Gasteiger partial charge in [-0.05, 0) is 51.3 Å². The Labute approximate surface area is 115 Å². The van der Waals surface area contributed by atoms with Crippen LogP contribution in [-0.2, 0) is 6.42 Å². The number of rotatable bonds is 4. The van der Waals surface area contributed by atoms with E-state index >= 15 is 0 Å². The topological polar surface area (TPSA) is 24.5 Å². The Balaban J connectivity index is 1.65. The van der Waals surface area contributed by atoms with Crippen molar-refractivity contribution >= 4 is 5.69 Å². The van der Waals surface area contributed by atoms with Gasteiger partial charge in [-0.25, -0.2) is 0 Å². The van der Waals surface area contributed by atoms with Crippen molar-refractivity contribution in [1.29, 1.82) is 0 Å². The van der Waals surface area contributed by atoms with E-state index in [1.165, 1.54) is 30.6 Å². The van der Waals surface area contributed by atoms with Crippen LogP contribution >= 0.6 is 0 Å². The molecule has 0 radical (unpaired) electrons. The fourth-order valence-corrected chi connectivity index (χ4v) is 3.33. The maximum Gasteiger partial charge on any atom is 0.142 e. The molecule has 2 aliphatic rings. The van der Waals surface area contributed by atoms with E-state index in [1.807, 2.05) is 0 Å². The minimum atomic E-state index is 0.581. The third-order valence-corrected chi connectivity index (χ3v) is 4.33. The molecule has 1 aromatic carbocycles. The fourth-order valence-electron chi connectivity index (χ4n) is 3.33. The maximum absolute atomic E-state index is 6.11. The van der Waals surface area contributed by atoms with Crippen molar-refractivity contribution in [2.75, 3.05) is 25.0 Å². The monoisotopic (exact) mass is 260 g/mol. The minimum Gasteiger partial charge on any atom is -0.490 e. The predicted octanol–water partition coefficient (Wildman–Crippen LogP) is 2.91. The lowest BCUT2D eigenvalue weighted by atomic mass is 10.1. The van der Waals surface area contributed by atoms with Crippen molar-refractivity contribution in [3.05, 3.63) is 23.8 Å². The van der Waals surface area contributed by atoms with E-state index in [9.17, 15) is 0 Å². The van der Waals surface area contributed by atoms with Crippen LogP contribution in [0.5, 0.6) is 5.75 Å². The Morgan fingerprint density at radius 2 is 2.32 bits per heavy atom. The average Bonchev–Trinajstić information content (AvgIpc) is 3.04.